The van der Waals surface area contributed by atoms with Gasteiger partial charge in [0.15, 0.2) is 6.10 Å². The number of nitrogens with two attached hydrogens (primary N) is 1. The molecule has 3 N–H and O–H groups in total. The molecule has 0 aliphatic rings. The van der Waals surface area contributed by atoms with E-state index in [2.05, 4.69) is 98.9 Å². The summed E-state index contributed by atoms with van der Waals surface area (Å²) in [6, 6.07) is 0. The number of carbonyl (C=O) groups is 2. The van der Waals surface area contributed by atoms with Crippen LogP contribution in [0, 0.1) is 0 Å². The molecule has 0 saturated carbocycles. The number of hydrogen-bond acceptors (Lipinski definition) is 8. The summed E-state index contributed by atoms with van der Waals surface area (Å²) < 4.78 is 32.7. The van der Waals surface area contributed by atoms with E-state index in [9.17, 15) is 19.0 Å². The third kappa shape index (κ3) is 42.6. The van der Waals surface area contributed by atoms with Crippen molar-refractivity contribution >= 4 is 19.8 Å². The monoisotopic (exact) mass is 818 g/mol. The van der Waals surface area contributed by atoms with Crippen LogP contribution in [0.25, 0.3) is 0 Å². The van der Waals surface area contributed by atoms with Crippen molar-refractivity contribution in [2.24, 2.45) is 5.73 Å². The summed E-state index contributed by atoms with van der Waals surface area (Å²) in [5.74, 6) is -0.898. The molecule has 0 aliphatic heterocycles. The fraction of sp³-hybridized carbons (Fsp3) is 0.660. The highest BCUT2D eigenvalue weighted by atomic mass is 31.2. The smallest absolute Gasteiger partial charge is 0.462 e. The minimum atomic E-state index is -4.40. The van der Waals surface area contributed by atoms with Gasteiger partial charge in [-0.3, -0.25) is 18.6 Å². The van der Waals surface area contributed by atoms with E-state index in [0.29, 0.717) is 12.8 Å². The lowest BCUT2D eigenvalue weighted by Crippen LogP contribution is -2.29. The Bertz CT molecular complexity index is 1210. The van der Waals surface area contributed by atoms with Gasteiger partial charge in [0.2, 0.25) is 0 Å². The number of carbonyl (C=O) groups excluding carboxylic acids is 2. The summed E-state index contributed by atoms with van der Waals surface area (Å²) >= 11 is 0. The molecule has 10 heteroatoms. The van der Waals surface area contributed by atoms with Gasteiger partial charge < -0.3 is 20.1 Å². The Balaban J connectivity index is 4.28. The van der Waals surface area contributed by atoms with Crippen molar-refractivity contribution in [3.63, 3.8) is 0 Å². The number of phosphoric ester groups is 1. The summed E-state index contributed by atoms with van der Waals surface area (Å²) in [7, 11) is -4.40. The zero-order valence-corrected chi connectivity index (χ0v) is 36.7. The van der Waals surface area contributed by atoms with Crippen molar-refractivity contribution in [3.05, 3.63) is 85.1 Å². The van der Waals surface area contributed by atoms with Gasteiger partial charge in [0.25, 0.3) is 0 Å². The van der Waals surface area contributed by atoms with Gasteiger partial charge in [0, 0.05) is 19.4 Å². The van der Waals surface area contributed by atoms with E-state index in [1.54, 1.807) is 0 Å². The zero-order chi connectivity index (χ0) is 41.8. The van der Waals surface area contributed by atoms with E-state index in [-0.39, 0.29) is 32.6 Å². The highest BCUT2D eigenvalue weighted by Gasteiger charge is 2.26. The Hall–Kier alpha value is -2.81. The molecule has 2 unspecified atom stereocenters. The average Bonchev–Trinajstić information content (AvgIpc) is 3.20. The van der Waals surface area contributed by atoms with E-state index in [4.69, 9.17) is 24.3 Å². The third-order valence-electron chi connectivity index (χ3n) is 8.75. The summed E-state index contributed by atoms with van der Waals surface area (Å²) in [5.41, 5.74) is 5.34. The number of ether oxygens (including phenoxy) is 2. The van der Waals surface area contributed by atoms with E-state index in [1.165, 1.54) is 51.4 Å². The van der Waals surface area contributed by atoms with Gasteiger partial charge in [-0.2, -0.15) is 0 Å². The van der Waals surface area contributed by atoms with Gasteiger partial charge in [-0.25, -0.2) is 4.57 Å². The average molecular weight is 818 g/mol. The Morgan fingerprint density at radius 1 is 0.526 bits per heavy atom. The van der Waals surface area contributed by atoms with Gasteiger partial charge >= 0.3 is 19.8 Å². The van der Waals surface area contributed by atoms with Gasteiger partial charge in [-0.15, -0.1) is 0 Å². The van der Waals surface area contributed by atoms with Gasteiger partial charge in [0.05, 0.1) is 13.2 Å². The Morgan fingerprint density at radius 3 is 1.35 bits per heavy atom. The van der Waals surface area contributed by atoms with Crippen molar-refractivity contribution in [2.45, 2.75) is 174 Å². The molecule has 57 heavy (non-hydrogen) atoms. The molecule has 0 radical (unpaired) electrons. The molecular formula is C47H80NO8P. The summed E-state index contributed by atoms with van der Waals surface area (Å²) in [6.45, 7) is 3.59. The molecule has 0 rings (SSSR count). The maximum atomic E-state index is 12.6. The van der Waals surface area contributed by atoms with Crippen LogP contribution in [-0.4, -0.2) is 49.3 Å². The second kappa shape index (κ2) is 42.8. The molecule has 2 atom stereocenters. The topological polar surface area (TPSA) is 134 Å². The van der Waals surface area contributed by atoms with E-state index >= 15 is 0 Å². The first-order valence-electron chi connectivity index (χ1n) is 22.1. The SMILES string of the molecule is CCCCCC=CCC=CCC=CCC=CCCCCCC(=O)OCC(COP(=O)(O)OCCN)OC(=O)CCCCCCC=CCC=CCC=CCCCCC. The highest BCUT2D eigenvalue weighted by Crippen LogP contribution is 2.43. The lowest BCUT2D eigenvalue weighted by molar-refractivity contribution is -0.161. The predicted octanol–water partition coefficient (Wildman–Crippen LogP) is 12.8. The first-order valence-corrected chi connectivity index (χ1v) is 23.6. The maximum absolute atomic E-state index is 12.6. The summed E-state index contributed by atoms with van der Waals surface area (Å²) in [6.07, 6.45) is 53.2. The lowest BCUT2D eigenvalue weighted by Gasteiger charge is -2.19. The van der Waals surface area contributed by atoms with Crippen LogP contribution in [0.1, 0.15) is 168 Å². The van der Waals surface area contributed by atoms with Crippen molar-refractivity contribution in [2.75, 3.05) is 26.4 Å². The van der Waals surface area contributed by atoms with E-state index in [0.717, 1.165) is 77.0 Å². The molecule has 326 valence electrons. The van der Waals surface area contributed by atoms with Crippen LogP contribution in [0.4, 0.5) is 0 Å². The van der Waals surface area contributed by atoms with E-state index < -0.39 is 32.5 Å². The standard InChI is InChI=1S/C47H80NO8P/c1-3-5-7-9-11-13-15-17-19-21-22-24-25-27-29-31-33-35-37-39-46(49)53-43-45(44-55-57(51,52)54-42-41-48)56-47(50)40-38-36-34-32-30-28-26-23-20-18-16-14-12-10-8-6-4-2/h11-14,17-20,22,24,26-29,45H,3-10,15-16,21,23,25,30-44,48H2,1-2H3,(H,51,52). The molecule has 0 saturated heterocycles. The molecule has 0 aromatic heterocycles. The number of unbranched alkanes of at least 4 members (excludes halogenated alkanes) is 13. The molecule has 0 heterocycles. The Labute approximate surface area is 347 Å². The largest absolute Gasteiger partial charge is 0.472 e. The maximum Gasteiger partial charge on any atom is 0.472 e. The first-order chi connectivity index (χ1) is 27.8. The minimum absolute atomic E-state index is 0.0402. The zero-order valence-electron chi connectivity index (χ0n) is 35.8. The molecule has 9 nitrogen and oxygen atoms in total. The van der Waals surface area contributed by atoms with E-state index in [1.807, 2.05) is 0 Å². The fourth-order valence-corrected chi connectivity index (χ4v) is 6.21. The number of allylic oxidation sites excluding steroid dienone is 14. The van der Waals surface area contributed by atoms with Crippen LogP contribution < -0.4 is 5.73 Å². The number of esters is 2. The predicted molar refractivity (Wildman–Crippen MR) is 238 cm³/mol. The van der Waals surface area contributed by atoms with Crippen LogP contribution in [0.3, 0.4) is 0 Å². The van der Waals surface area contributed by atoms with Crippen LogP contribution in [0.2, 0.25) is 0 Å². The molecule has 0 aliphatic carbocycles. The summed E-state index contributed by atoms with van der Waals surface area (Å²) in [5, 5.41) is 0. The van der Waals surface area contributed by atoms with Gasteiger partial charge in [0.1, 0.15) is 6.61 Å². The molecular weight excluding hydrogens is 737 g/mol. The van der Waals surface area contributed by atoms with Crippen LogP contribution in [0.15, 0.2) is 85.1 Å². The fourth-order valence-electron chi connectivity index (χ4n) is 5.45. The molecule has 0 aromatic carbocycles. The number of hydrogen-bond donors (Lipinski definition) is 2. The van der Waals surface area contributed by atoms with Crippen LogP contribution in [-0.2, 0) is 32.7 Å². The highest BCUT2D eigenvalue weighted by molar-refractivity contribution is 7.47. The van der Waals surface area contributed by atoms with Crippen molar-refractivity contribution in [1.29, 1.82) is 0 Å². The van der Waals surface area contributed by atoms with Crippen LogP contribution in [0.5, 0.6) is 0 Å². The molecule has 0 spiro atoms. The first kappa shape index (κ1) is 54.2. The Morgan fingerprint density at radius 2 is 0.912 bits per heavy atom. The number of rotatable bonds is 40. The lowest BCUT2D eigenvalue weighted by atomic mass is 10.1. The second-order valence-corrected chi connectivity index (χ2v) is 15.7. The number of phosphoric acid groups is 1. The van der Waals surface area contributed by atoms with Crippen molar-refractivity contribution in [3.8, 4) is 0 Å². The van der Waals surface area contributed by atoms with Gasteiger partial charge in [-0.1, -0.05) is 144 Å². The molecule has 0 aromatic rings. The van der Waals surface area contributed by atoms with Gasteiger partial charge in [-0.05, 0) is 96.3 Å². The normalized spacial score (nSPS) is 14.1. The third-order valence-corrected chi connectivity index (χ3v) is 9.74. The Kier molecular flexibility index (Phi) is 40.7. The van der Waals surface area contributed by atoms with Crippen molar-refractivity contribution < 1.29 is 37.6 Å². The minimum Gasteiger partial charge on any atom is -0.462 e. The summed E-state index contributed by atoms with van der Waals surface area (Å²) in [4.78, 5) is 34.9. The van der Waals surface area contributed by atoms with Crippen molar-refractivity contribution in [1.82, 2.24) is 0 Å². The second-order valence-electron chi connectivity index (χ2n) is 14.2. The molecule has 0 fully saturated rings. The molecule has 0 bridgehead atoms. The molecule has 0 amide bonds. The van der Waals surface area contributed by atoms with Crippen LogP contribution >= 0.6 is 7.82 Å². The quantitative estimate of drug-likeness (QED) is 0.0268.